The molecule has 0 radical (unpaired) electrons. The molecule has 178 valence electrons. The summed E-state index contributed by atoms with van der Waals surface area (Å²) in [6, 6.07) is 0. The van der Waals surface area contributed by atoms with Crippen LogP contribution in [0.2, 0.25) is 0 Å². The number of carbonyl (C=O) groups is 2. The maximum atomic E-state index is 12.8. The Morgan fingerprint density at radius 3 is 1.34 bits per heavy atom. The van der Waals surface area contributed by atoms with E-state index in [0.29, 0.717) is 24.3 Å². The Morgan fingerprint density at radius 1 is 0.719 bits per heavy atom. The molecule has 0 unspecified atom stereocenters. The first-order chi connectivity index (χ1) is 14.9. The minimum Gasteiger partial charge on any atom is -0.511 e. The van der Waals surface area contributed by atoms with Crippen molar-refractivity contribution in [2.45, 2.75) is 66.2 Å². The Morgan fingerprint density at radius 2 is 1.06 bits per heavy atom. The van der Waals surface area contributed by atoms with Crippen LogP contribution in [0.1, 0.15) is 66.2 Å². The van der Waals surface area contributed by atoms with Gasteiger partial charge in [0.15, 0.2) is 11.6 Å². The lowest BCUT2D eigenvalue weighted by atomic mass is 9.74. The number of hydrogen-bond acceptors (Lipinski definition) is 8. The van der Waals surface area contributed by atoms with Gasteiger partial charge in [0.05, 0.1) is 37.4 Å². The van der Waals surface area contributed by atoms with Crippen molar-refractivity contribution in [2.75, 3.05) is 26.3 Å². The number of Topliss-reactive ketones (excluding diaryl/α,β-unsaturated/α-hetero) is 2. The van der Waals surface area contributed by atoms with Gasteiger partial charge in [0, 0.05) is 37.1 Å². The van der Waals surface area contributed by atoms with Gasteiger partial charge < -0.3 is 20.4 Å². The van der Waals surface area contributed by atoms with Crippen LogP contribution in [0.3, 0.4) is 0 Å². The molecule has 8 nitrogen and oxygen atoms in total. The van der Waals surface area contributed by atoms with Crippen molar-refractivity contribution in [3.05, 3.63) is 22.7 Å². The number of rotatable bonds is 9. The zero-order valence-corrected chi connectivity index (χ0v) is 19.6. The molecule has 0 fully saturated rings. The molecular formula is C24H36N2O6. The predicted molar refractivity (Wildman–Crippen MR) is 123 cm³/mol. The normalized spacial score (nSPS) is 22.1. The molecule has 0 amide bonds. The van der Waals surface area contributed by atoms with E-state index in [4.69, 9.17) is 0 Å². The van der Waals surface area contributed by atoms with Gasteiger partial charge in [-0.25, -0.2) is 0 Å². The molecule has 32 heavy (non-hydrogen) atoms. The standard InChI is InChI=1S/C24H36N2O6/c1-23(2)11-17(29)21(18(30)12-23)15(25-7-9-27)5-6-16(26-8-10-28)22-19(31)13-24(3,4)14-20(22)32/h27-29,31H,5-14H2,1-4H3. The summed E-state index contributed by atoms with van der Waals surface area (Å²) in [5, 5.41) is 39.7. The van der Waals surface area contributed by atoms with Crippen molar-refractivity contribution in [1.29, 1.82) is 0 Å². The third-order valence-electron chi connectivity index (χ3n) is 5.69. The van der Waals surface area contributed by atoms with Crippen molar-refractivity contribution in [2.24, 2.45) is 20.8 Å². The second-order valence-electron chi connectivity index (χ2n) is 10.1. The number of carbonyl (C=O) groups excluding carboxylic acids is 2. The molecule has 8 heteroatoms. The summed E-state index contributed by atoms with van der Waals surface area (Å²) in [4.78, 5) is 34.2. The number of aliphatic hydroxyl groups excluding tert-OH is 4. The fourth-order valence-corrected chi connectivity index (χ4v) is 4.40. The van der Waals surface area contributed by atoms with Crippen molar-refractivity contribution < 1.29 is 30.0 Å². The zero-order valence-electron chi connectivity index (χ0n) is 19.6. The van der Waals surface area contributed by atoms with E-state index in [2.05, 4.69) is 9.98 Å². The summed E-state index contributed by atoms with van der Waals surface area (Å²) in [5.41, 5.74) is 0.369. The molecule has 0 bridgehead atoms. The Labute approximate surface area is 189 Å². The summed E-state index contributed by atoms with van der Waals surface area (Å²) < 4.78 is 0. The highest BCUT2D eigenvalue weighted by atomic mass is 16.3. The summed E-state index contributed by atoms with van der Waals surface area (Å²) in [6.45, 7) is 7.38. The van der Waals surface area contributed by atoms with Crippen LogP contribution < -0.4 is 0 Å². The highest BCUT2D eigenvalue weighted by Gasteiger charge is 2.37. The summed E-state index contributed by atoms with van der Waals surface area (Å²) in [5.74, 6) is -0.452. The maximum absolute atomic E-state index is 12.8. The molecule has 0 aromatic rings. The Balaban J connectivity index is 2.37. The van der Waals surface area contributed by atoms with Crippen LogP contribution in [0.15, 0.2) is 32.6 Å². The first-order valence-electron chi connectivity index (χ1n) is 11.1. The highest BCUT2D eigenvalue weighted by molar-refractivity contribution is 6.26. The zero-order chi connectivity index (χ0) is 24.1. The number of aliphatic hydroxyl groups is 4. The van der Waals surface area contributed by atoms with Crippen molar-refractivity contribution in [3.8, 4) is 0 Å². The third-order valence-corrected chi connectivity index (χ3v) is 5.69. The van der Waals surface area contributed by atoms with E-state index in [9.17, 15) is 30.0 Å². The maximum Gasteiger partial charge on any atom is 0.168 e. The first kappa shape index (κ1) is 25.9. The van der Waals surface area contributed by atoms with Crippen LogP contribution in [0.5, 0.6) is 0 Å². The molecule has 2 aliphatic carbocycles. The van der Waals surface area contributed by atoms with E-state index in [1.54, 1.807) is 0 Å². The van der Waals surface area contributed by atoms with Crippen LogP contribution in [-0.2, 0) is 9.59 Å². The molecule has 0 saturated carbocycles. The van der Waals surface area contributed by atoms with E-state index in [-0.39, 0.29) is 97.0 Å². The molecule has 0 spiro atoms. The highest BCUT2D eigenvalue weighted by Crippen LogP contribution is 2.38. The molecule has 0 heterocycles. The van der Waals surface area contributed by atoms with Gasteiger partial charge in [0.2, 0.25) is 0 Å². The lowest BCUT2D eigenvalue weighted by Gasteiger charge is -2.31. The lowest BCUT2D eigenvalue weighted by Crippen LogP contribution is -2.31. The molecule has 0 saturated heterocycles. The SMILES string of the molecule is CC1(C)CC(=O)C(C(CCC(=NCCO)C2=C(O)CC(C)(C)CC2=O)=NCCO)=C(O)C1. The Hall–Kier alpha value is -2.32. The van der Waals surface area contributed by atoms with E-state index in [1.807, 2.05) is 27.7 Å². The number of hydrogen-bond donors (Lipinski definition) is 4. The number of aliphatic imine (C=N–C) groups is 2. The molecule has 4 N–H and O–H groups in total. The fourth-order valence-electron chi connectivity index (χ4n) is 4.40. The van der Waals surface area contributed by atoms with Gasteiger partial charge in [-0.05, 0) is 23.7 Å². The van der Waals surface area contributed by atoms with Crippen molar-refractivity contribution in [1.82, 2.24) is 0 Å². The molecular weight excluding hydrogens is 412 g/mol. The van der Waals surface area contributed by atoms with Gasteiger partial charge in [-0.2, -0.15) is 0 Å². The predicted octanol–water partition coefficient (Wildman–Crippen LogP) is 3.04. The number of nitrogens with zero attached hydrogens (tertiary/aromatic N) is 2. The third kappa shape index (κ3) is 6.59. The lowest BCUT2D eigenvalue weighted by molar-refractivity contribution is -0.118. The second kappa shape index (κ2) is 10.5. The van der Waals surface area contributed by atoms with E-state index < -0.39 is 0 Å². The molecule has 2 aliphatic rings. The van der Waals surface area contributed by atoms with E-state index in [1.165, 1.54) is 0 Å². The van der Waals surface area contributed by atoms with Gasteiger partial charge >= 0.3 is 0 Å². The first-order valence-corrected chi connectivity index (χ1v) is 11.1. The smallest absolute Gasteiger partial charge is 0.168 e. The number of ketones is 2. The second-order valence-corrected chi connectivity index (χ2v) is 10.1. The summed E-state index contributed by atoms with van der Waals surface area (Å²) in [6.07, 6.45) is 1.63. The van der Waals surface area contributed by atoms with Gasteiger partial charge in [-0.15, -0.1) is 0 Å². The summed E-state index contributed by atoms with van der Waals surface area (Å²) >= 11 is 0. The molecule has 0 aromatic heterocycles. The average molecular weight is 449 g/mol. The average Bonchev–Trinajstić information content (AvgIpc) is 2.63. The van der Waals surface area contributed by atoms with Crippen LogP contribution in [-0.4, -0.2) is 69.7 Å². The molecule has 0 atom stereocenters. The van der Waals surface area contributed by atoms with Crippen molar-refractivity contribution >= 4 is 23.0 Å². The van der Waals surface area contributed by atoms with E-state index >= 15 is 0 Å². The van der Waals surface area contributed by atoms with Gasteiger partial charge in [0.1, 0.15) is 11.5 Å². The van der Waals surface area contributed by atoms with Crippen LogP contribution >= 0.6 is 0 Å². The molecule has 0 aliphatic heterocycles. The minimum atomic E-state index is -0.349. The molecule has 2 rings (SSSR count). The quantitative estimate of drug-likeness (QED) is 0.400. The fraction of sp³-hybridized carbons (Fsp3) is 0.667. The molecule has 0 aromatic carbocycles. The van der Waals surface area contributed by atoms with Crippen LogP contribution in [0.4, 0.5) is 0 Å². The monoisotopic (exact) mass is 448 g/mol. The minimum absolute atomic E-state index is 0.0191. The Kier molecular flexibility index (Phi) is 8.54. The van der Waals surface area contributed by atoms with Crippen molar-refractivity contribution in [3.63, 3.8) is 0 Å². The van der Waals surface area contributed by atoms with Crippen LogP contribution in [0, 0.1) is 10.8 Å². The Bertz CT molecular complexity index is 805. The summed E-state index contributed by atoms with van der Waals surface area (Å²) in [7, 11) is 0. The number of allylic oxidation sites excluding steroid dienone is 4. The topological polar surface area (TPSA) is 140 Å². The van der Waals surface area contributed by atoms with Gasteiger partial charge in [-0.1, -0.05) is 27.7 Å². The van der Waals surface area contributed by atoms with E-state index in [0.717, 1.165) is 0 Å². The largest absolute Gasteiger partial charge is 0.511 e. The van der Waals surface area contributed by atoms with Crippen LogP contribution in [0.25, 0.3) is 0 Å². The van der Waals surface area contributed by atoms with Gasteiger partial charge in [0.25, 0.3) is 0 Å². The van der Waals surface area contributed by atoms with Gasteiger partial charge in [-0.3, -0.25) is 19.6 Å².